The molecule has 0 spiro atoms. The summed E-state index contributed by atoms with van der Waals surface area (Å²) < 4.78 is 0. The first-order valence-corrected chi connectivity index (χ1v) is 5.99. The van der Waals surface area contributed by atoms with Gasteiger partial charge in [0.25, 0.3) is 0 Å². The first kappa shape index (κ1) is 23.8. The Morgan fingerprint density at radius 3 is 1.60 bits per heavy atom. The molecule has 0 bridgehead atoms. The Hall–Kier alpha value is -0.850. The van der Waals surface area contributed by atoms with Gasteiger partial charge in [0.05, 0.1) is 6.54 Å². The van der Waals surface area contributed by atoms with Crippen molar-refractivity contribution in [3.05, 3.63) is 24.8 Å². The van der Waals surface area contributed by atoms with E-state index in [9.17, 15) is 0 Å². The van der Waals surface area contributed by atoms with Gasteiger partial charge >= 0.3 is 0 Å². The Labute approximate surface area is 98.0 Å². The lowest BCUT2D eigenvalue weighted by Crippen LogP contribution is -1.66. The van der Waals surface area contributed by atoms with Crippen molar-refractivity contribution in [2.75, 3.05) is 6.54 Å². The molecule has 0 radical (unpaired) electrons. The van der Waals surface area contributed by atoms with Gasteiger partial charge in [-0.25, -0.2) is 0 Å². The van der Waals surface area contributed by atoms with Gasteiger partial charge in [-0.15, -0.1) is 6.58 Å². The van der Waals surface area contributed by atoms with Crippen LogP contribution in [0.2, 0.25) is 0 Å². The number of aliphatic imine (C=N–C) groups is 1. The second kappa shape index (κ2) is 51.3. The van der Waals surface area contributed by atoms with Gasteiger partial charge in [0.15, 0.2) is 0 Å². The summed E-state index contributed by atoms with van der Waals surface area (Å²) in [6.07, 6.45) is 8.87. The van der Waals surface area contributed by atoms with Crippen LogP contribution in [0.1, 0.15) is 54.9 Å². The second-order valence-electron chi connectivity index (χ2n) is 1.89. The van der Waals surface area contributed by atoms with Crippen molar-refractivity contribution >= 4 is 6.21 Å². The van der Waals surface area contributed by atoms with E-state index in [0.29, 0.717) is 0 Å². The minimum atomic E-state index is 0.747. The predicted molar refractivity (Wildman–Crippen MR) is 77.0 cm³/mol. The molecule has 0 aromatic carbocycles. The normalized spacial score (nSPS) is 7.93. The molecule has 0 unspecified atom stereocenters. The monoisotopic (exact) mass is 213 g/mol. The molecule has 92 valence electrons. The van der Waals surface area contributed by atoms with Crippen LogP contribution in [0.15, 0.2) is 29.8 Å². The zero-order chi connectivity index (χ0) is 12.9. The fraction of sp³-hybridized carbons (Fsp3) is 0.643. The van der Waals surface area contributed by atoms with E-state index in [1.54, 1.807) is 12.3 Å². The summed E-state index contributed by atoms with van der Waals surface area (Å²) in [4.78, 5) is 3.85. The van der Waals surface area contributed by atoms with Crippen LogP contribution in [0.3, 0.4) is 0 Å². The Morgan fingerprint density at radius 2 is 1.53 bits per heavy atom. The SMILES string of the molecule is C/C=C\CC.C=CCN=CC.CC.CC. The summed E-state index contributed by atoms with van der Waals surface area (Å²) >= 11 is 0. The van der Waals surface area contributed by atoms with Crippen molar-refractivity contribution in [3.63, 3.8) is 0 Å². The highest BCUT2D eigenvalue weighted by molar-refractivity contribution is 5.53. The van der Waals surface area contributed by atoms with Crippen molar-refractivity contribution in [1.82, 2.24) is 0 Å². The average Bonchev–Trinajstić information content (AvgIpc) is 2.33. The highest BCUT2D eigenvalue weighted by Gasteiger charge is 1.57. The Balaban J connectivity index is -0.0000000610. The minimum absolute atomic E-state index is 0.747. The first-order valence-electron chi connectivity index (χ1n) is 5.99. The molecule has 0 N–H and O–H groups in total. The number of rotatable bonds is 3. The lowest BCUT2D eigenvalue weighted by Gasteiger charge is -1.72. The fourth-order valence-electron chi connectivity index (χ4n) is 0.416. The maximum Gasteiger partial charge on any atom is 0.0563 e. The molecule has 0 saturated heterocycles. The Kier molecular flexibility index (Phi) is 81.3. The van der Waals surface area contributed by atoms with Gasteiger partial charge in [0, 0.05) is 0 Å². The molecule has 15 heavy (non-hydrogen) atoms. The number of hydrogen-bond acceptors (Lipinski definition) is 1. The molecule has 0 aliphatic rings. The van der Waals surface area contributed by atoms with Crippen molar-refractivity contribution in [2.24, 2.45) is 4.99 Å². The van der Waals surface area contributed by atoms with Crippen molar-refractivity contribution in [1.29, 1.82) is 0 Å². The molecule has 0 aromatic rings. The van der Waals surface area contributed by atoms with Crippen LogP contribution in [0.5, 0.6) is 0 Å². The largest absolute Gasteiger partial charge is 0.294 e. The average molecular weight is 213 g/mol. The molecule has 0 heterocycles. The lowest BCUT2D eigenvalue weighted by molar-refractivity contribution is 1.22. The third-order valence-electron chi connectivity index (χ3n) is 0.888. The van der Waals surface area contributed by atoms with E-state index in [4.69, 9.17) is 0 Å². The van der Waals surface area contributed by atoms with Gasteiger partial charge in [-0.05, 0) is 26.5 Å². The fourth-order valence-corrected chi connectivity index (χ4v) is 0.416. The van der Waals surface area contributed by atoms with Gasteiger partial charge in [-0.1, -0.05) is 52.8 Å². The summed E-state index contributed by atoms with van der Waals surface area (Å²) in [5, 5.41) is 0. The summed E-state index contributed by atoms with van der Waals surface area (Å²) in [5.74, 6) is 0. The van der Waals surface area contributed by atoms with E-state index < -0.39 is 0 Å². The predicted octanol–water partition coefficient (Wildman–Crippen LogP) is 5.29. The van der Waals surface area contributed by atoms with Crippen LogP contribution in [0.4, 0.5) is 0 Å². The molecule has 0 aliphatic heterocycles. The Morgan fingerprint density at radius 1 is 1.07 bits per heavy atom. The van der Waals surface area contributed by atoms with Crippen LogP contribution in [0.25, 0.3) is 0 Å². The maximum absolute atomic E-state index is 3.85. The van der Waals surface area contributed by atoms with Gasteiger partial charge in [-0.3, -0.25) is 4.99 Å². The van der Waals surface area contributed by atoms with Crippen LogP contribution in [0, 0.1) is 0 Å². The van der Waals surface area contributed by atoms with Crippen LogP contribution in [-0.4, -0.2) is 12.8 Å². The molecule has 1 heteroatoms. The van der Waals surface area contributed by atoms with Crippen molar-refractivity contribution in [3.8, 4) is 0 Å². The third-order valence-corrected chi connectivity index (χ3v) is 0.888. The summed E-state index contributed by atoms with van der Waals surface area (Å²) in [6.45, 7) is 18.3. The highest BCUT2D eigenvalue weighted by Crippen LogP contribution is 1.73. The van der Waals surface area contributed by atoms with Gasteiger partial charge < -0.3 is 0 Å². The number of nitrogens with zero attached hydrogens (tertiary/aromatic N) is 1. The molecule has 0 atom stereocenters. The second-order valence-corrected chi connectivity index (χ2v) is 1.89. The molecule has 0 saturated carbocycles. The molecular weight excluding hydrogens is 182 g/mol. The van der Waals surface area contributed by atoms with Gasteiger partial charge in [-0.2, -0.15) is 0 Å². The molecule has 0 aliphatic carbocycles. The third kappa shape index (κ3) is 94.9. The summed E-state index contributed by atoms with van der Waals surface area (Å²) in [6, 6.07) is 0. The molecule has 0 aromatic heterocycles. The molecule has 0 fully saturated rings. The van der Waals surface area contributed by atoms with E-state index in [-0.39, 0.29) is 0 Å². The molecular formula is C14H31N. The standard InChI is InChI=1S/C5H9N.C5H10.2C2H6/c1-3-5-6-4-2;1-3-5-4-2;2*1-2/h3-4H,1,5H2,2H3;3,5H,4H2,1-2H3;2*1-2H3/b;5-3-;;. The van der Waals surface area contributed by atoms with Crippen molar-refractivity contribution in [2.45, 2.75) is 54.9 Å². The molecule has 0 rings (SSSR count). The lowest BCUT2D eigenvalue weighted by atomic mass is 10.4. The van der Waals surface area contributed by atoms with Crippen LogP contribution in [-0.2, 0) is 0 Å². The van der Waals surface area contributed by atoms with Gasteiger partial charge in [0.1, 0.15) is 0 Å². The van der Waals surface area contributed by atoms with E-state index in [1.165, 1.54) is 0 Å². The van der Waals surface area contributed by atoms with E-state index >= 15 is 0 Å². The number of allylic oxidation sites excluding steroid dienone is 2. The first-order chi connectivity index (χ1) is 7.33. The maximum atomic E-state index is 3.85. The number of hydrogen-bond donors (Lipinski definition) is 0. The molecule has 0 amide bonds. The Bertz CT molecular complexity index is 113. The smallest absolute Gasteiger partial charge is 0.0563 e. The highest BCUT2D eigenvalue weighted by atomic mass is 14.7. The molecule has 1 nitrogen and oxygen atoms in total. The van der Waals surface area contributed by atoms with Gasteiger partial charge in [0.2, 0.25) is 0 Å². The van der Waals surface area contributed by atoms with Crippen LogP contribution < -0.4 is 0 Å². The zero-order valence-corrected chi connectivity index (χ0v) is 11.9. The quantitative estimate of drug-likeness (QED) is 0.446. The topological polar surface area (TPSA) is 12.4 Å². The van der Waals surface area contributed by atoms with Crippen molar-refractivity contribution < 1.29 is 0 Å². The summed E-state index contributed by atoms with van der Waals surface area (Å²) in [5.41, 5.74) is 0. The minimum Gasteiger partial charge on any atom is -0.294 e. The van der Waals surface area contributed by atoms with E-state index in [0.717, 1.165) is 13.0 Å². The summed E-state index contributed by atoms with van der Waals surface area (Å²) in [7, 11) is 0. The van der Waals surface area contributed by atoms with Crippen LogP contribution >= 0.6 is 0 Å². The van der Waals surface area contributed by atoms with E-state index in [2.05, 4.69) is 30.6 Å². The van der Waals surface area contributed by atoms with E-state index in [1.807, 2.05) is 41.5 Å². The zero-order valence-electron chi connectivity index (χ0n) is 11.9.